The summed E-state index contributed by atoms with van der Waals surface area (Å²) in [7, 11) is 0. The molecule has 4 aromatic rings. The Kier molecular flexibility index (Phi) is 7.44. The fourth-order valence-corrected chi connectivity index (χ4v) is 4.54. The molecule has 0 unspecified atom stereocenters. The molecule has 36 heavy (non-hydrogen) atoms. The van der Waals surface area contributed by atoms with Gasteiger partial charge in [0.1, 0.15) is 5.00 Å². The van der Waals surface area contributed by atoms with Gasteiger partial charge in [0.2, 0.25) is 0 Å². The van der Waals surface area contributed by atoms with Gasteiger partial charge in [-0.15, -0.1) is 11.3 Å². The van der Waals surface area contributed by atoms with Gasteiger partial charge in [-0.1, -0.05) is 18.2 Å². The van der Waals surface area contributed by atoms with E-state index in [-0.39, 0.29) is 6.03 Å². The second-order valence-electron chi connectivity index (χ2n) is 8.37. The van der Waals surface area contributed by atoms with E-state index in [1.807, 2.05) is 89.1 Å². The number of urea groups is 1. The van der Waals surface area contributed by atoms with Gasteiger partial charge in [0.05, 0.1) is 6.34 Å². The van der Waals surface area contributed by atoms with Crippen LogP contribution in [0.1, 0.15) is 0 Å². The zero-order chi connectivity index (χ0) is 24.6. The molecular weight excluding hydrogens is 468 g/mol. The average Bonchev–Trinajstić information content (AvgIpc) is 3.45. The SMILES string of the molecule is O=C(Nc1ccc(Nc2ccccc2)cc1)N1CCN(c2ccc(N/C=N/c3cccs3)cc2)CC1. The van der Waals surface area contributed by atoms with E-state index in [0.29, 0.717) is 13.1 Å². The number of hydrogen-bond acceptors (Lipinski definition) is 5. The molecule has 1 fully saturated rings. The van der Waals surface area contributed by atoms with Crippen LogP contribution in [0.4, 0.5) is 38.2 Å². The smallest absolute Gasteiger partial charge is 0.321 e. The Bertz CT molecular complexity index is 1270. The fraction of sp³-hybridized carbons (Fsp3) is 0.143. The van der Waals surface area contributed by atoms with Crippen LogP contribution < -0.4 is 20.9 Å². The van der Waals surface area contributed by atoms with Gasteiger partial charge in [-0.2, -0.15) is 0 Å². The highest BCUT2D eigenvalue weighted by atomic mass is 32.1. The Hall–Kier alpha value is -4.30. The normalized spacial score (nSPS) is 13.6. The minimum atomic E-state index is -0.0667. The van der Waals surface area contributed by atoms with Crippen LogP contribution in [0.15, 0.2) is 101 Å². The number of thiophene rings is 1. The molecule has 3 aromatic carbocycles. The number of para-hydroxylation sites is 1. The number of nitrogens with one attached hydrogen (secondary N) is 3. The molecule has 7 nitrogen and oxygen atoms in total. The predicted octanol–water partition coefficient (Wildman–Crippen LogP) is 6.62. The van der Waals surface area contributed by atoms with Crippen LogP contribution in [-0.2, 0) is 0 Å². The zero-order valence-corrected chi connectivity index (χ0v) is 20.6. The number of piperazine rings is 1. The van der Waals surface area contributed by atoms with Crippen molar-refractivity contribution in [1.29, 1.82) is 0 Å². The molecule has 1 aliphatic rings. The maximum absolute atomic E-state index is 12.8. The number of carbonyl (C=O) groups excluding carboxylic acids is 1. The van der Waals surface area contributed by atoms with Crippen LogP contribution in [0.25, 0.3) is 0 Å². The molecule has 3 N–H and O–H groups in total. The number of hydrogen-bond donors (Lipinski definition) is 3. The molecule has 2 heterocycles. The number of carbonyl (C=O) groups is 1. The Balaban J connectivity index is 1.08. The molecule has 0 aliphatic carbocycles. The third-order valence-corrected chi connectivity index (χ3v) is 6.70. The maximum Gasteiger partial charge on any atom is 0.321 e. The highest BCUT2D eigenvalue weighted by Gasteiger charge is 2.21. The summed E-state index contributed by atoms with van der Waals surface area (Å²) in [5.74, 6) is 0. The number of amides is 2. The minimum absolute atomic E-state index is 0.0667. The first-order valence-corrected chi connectivity index (χ1v) is 12.8. The molecule has 1 aromatic heterocycles. The van der Waals surface area contributed by atoms with Gasteiger partial charge >= 0.3 is 6.03 Å². The van der Waals surface area contributed by atoms with E-state index in [2.05, 4.69) is 38.0 Å². The van der Waals surface area contributed by atoms with Gasteiger partial charge in [-0.05, 0) is 78.2 Å². The van der Waals surface area contributed by atoms with Crippen molar-refractivity contribution in [2.24, 2.45) is 4.99 Å². The van der Waals surface area contributed by atoms with Crippen molar-refractivity contribution >= 4 is 57.1 Å². The lowest BCUT2D eigenvalue weighted by Crippen LogP contribution is -2.50. The summed E-state index contributed by atoms with van der Waals surface area (Å²) in [5.41, 5.74) is 4.93. The lowest BCUT2D eigenvalue weighted by molar-refractivity contribution is 0.208. The van der Waals surface area contributed by atoms with Gasteiger partial charge in [-0.25, -0.2) is 9.79 Å². The molecule has 5 rings (SSSR count). The number of rotatable bonds is 7. The summed E-state index contributed by atoms with van der Waals surface area (Å²) in [4.78, 5) is 21.3. The topological polar surface area (TPSA) is 72.0 Å². The largest absolute Gasteiger partial charge is 0.368 e. The van der Waals surface area contributed by atoms with Crippen LogP contribution in [-0.4, -0.2) is 43.4 Å². The highest BCUT2D eigenvalue weighted by molar-refractivity contribution is 7.13. The first-order chi connectivity index (χ1) is 17.7. The first kappa shape index (κ1) is 23.4. The predicted molar refractivity (Wildman–Crippen MR) is 152 cm³/mol. The molecular formula is C28H28N6OS. The Labute approximate surface area is 215 Å². The van der Waals surface area contributed by atoms with E-state index in [0.717, 1.165) is 46.5 Å². The third-order valence-electron chi connectivity index (χ3n) is 5.93. The second-order valence-corrected chi connectivity index (χ2v) is 9.30. The maximum atomic E-state index is 12.8. The Morgan fingerprint density at radius 3 is 2.11 bits per heavy atom. The molecule has 182 valence electrons. The summed E-state index contributed by atoms with van der Waals surface area (Å²) in [6.45, 7) is 2.93. The summed E-state index contributed by atoms with van der Waals surface area (Å²) >= 11 is 1.60. The monoisotopic (exact) mass is 496 g/mol. The molecule has 1 saturated heterocycles. The van der Waals surface area contributed by atoms with Crippen molar-refractivity contribution < 1.29 is 4.79 Å². The van der Waals surface area contributed by atoms with Crippen LogP contribution in [0, 0.1) is 0 Å². The quantitative estimate of drug-likeness (QED) is 0.199. The van der Waals surface area contributed by atoms with Crippen LogP contribution in [0.2, 0.25) is 0 Å². The van der Waals surface area contributed by atoms with Crippen LogP contribution >= 0.6 is 11.3 Å². The van der Waals surface area contributed by atoms with Crippen LogP contribution in [0.5, 0.6) is 0 Å². The minimum Gasteiger partial charge on any atom is -0.368 e. The second kappa shape index (κ2) is 11.4. The molecule has 0 saturated carbocycles. The zero-order valence-electron chi connectivity index (χ0n) is 19.8. The summed E-state index contributed by atoms with van der Waals surface area (Å²) in [6, 6.07) is 30.0. The molecule has 0 radical (unpaired) electrons. The molecule has 1 aliphatic heterocycles. The first-order valence-electron chi connectivity index (χ1n) is 11.9. The average molecular weight is 497 g/mol. The third kappa shape index (κ3) is 6.22. The van der Waals surface area contributed by atoms with E-state index in [1.54, 1.807) is 17.7 Å². The van der Waals surface area contributed by atoms with Crippen molar-refractivity contribution in [3.63, 3.8) is 0 Å². The van der Waals surface area contributed by atoms with Crippen molar-refractivity contribution in [1.82, 2.24) is 4.90 Å². The van der Waals surface area contributed by atoms with Gasteiger partial charge in [0.25, 0.3) is 0 Å². The molecule has 0 atom stereocenters. The number of anilines is 5. The number of nitrogens with zero attached hydrogens (tertiary/aromatic N) is 3. The van der Waals surface area contributed by atoms with Gasteiger partial charge in [0.15, 0.2) is 0 Å². The Morgan fingerprint density at radius 2 is 1.42 bits per heavy atom. The van der Waals surface area contributed by atoms with Crippen molar-refractivity contribution in [3.05, 3.63) is 96.4 Å². The molecule has 8 heteroatoms. The number of benzene rings is 3. The standard InChI is InChI=1S/C28H28N6OS/c35-28(32-25-10-8-24(9-11-25)31-23-5-2-1-3-6-23)34-18-16-33(17-19-34)26-14-12-22(13-15-26)29-21-30-27-7-4-20-36-27/h1-15,20-21,31H,16-19H2,(H,29,30)(H,32,35). The van der Waals surface area contributed by atoms with Crippen molar-refractivity contribution in [2.75, 3.05) is 47.0 Å². The van der Waals surface area contributed by atoms with E-state index in [9.17, 15) is 4.79 Å². The van der Waals surface area contributed by atoms with E-state index in [1.165, 1.54) is 0 Å². The molecule has 2 amide bonds. The summed E-state index contributed by atoms with van der Waals surface area (Å²) in [6.07, 6.45) is 1.71. The Morgan fingerprint density at radius 1 is 0.750 bits per heavy atom. The van der Waals surface area contributed by atoms with Crippen molar-refractivity contribution in [3.8, 4) is 0 Å². The van der Waals surface area contributed by atoms with E-state index >= 15 is 0 Å². The lowest BCUT2D eigenvalue weighted by atomic mass is 10.2. The van der Waals surface area contributed by atoms with Gasteiger partial charge < -0.3 is 25.8 Å². The molecule has 0 spiro atoms. The van der Waals surface area contributed by atoms with E-state index in [4.69, 9.17) is 0 Å². The van der Waals surface area contributed by atoms with Crippen LogP contribution in [0.3, 0.4) is 0 Å². The number of aliphatic imine (C=N–C) groups is 1. The van der Waals surface area contributed by atoms with Gasteiger partial charge in [0, 0.05) is 54.6 Å². The lowest BCUT2D eigenvalue weighted by Gasteiger charge is -2.36. The fourth-order valence-electron chi connectivity index (χ4n) is 3.98. The summed E-state index contributed by atoms with van der Waals surface area (Å²) in [5, 5.41) is 12.5. The highest BCUT2D eigenvalue weighted by Crippen LogP contribution is 2.22. The van der Waals surface area contributed by atoms with Crippen molar-refractivity contribution in [2.45, 2.75) is 0 Å². The van der Waals surface area contributed by atoms with Gasteiger partial charge in [-0.3, -0.25) is 0 Å². The van der Waals surface area contributed by atoms with E-state index < -0.39 is 0 Å². The summed E-state index contributed by atoms with van der Waals surface area (Å²) < 4.78 is 0. The molecule has 0 bridgehead atoms.